The van der Waals surface area contributed by atoms with E-state index < -0.39 is 4.92 Å². The number of benzene rings is 2. The first-order valence-electron chi connectivity index (χ1n) is 8.63. The second-order valence-corrected chi connectivity index (χ2v) is 5.80. The lowest BCUT2D eigenvalue weighted by Crippen LogP contribution is -2.24. The SMILES string of the molecule is CCNC(=O)c1cccc(NC(=O)CNc2ccc(CC)c([N+](=O)[O-])c2)c1. The van der Waals surface area contributed by atoms with Crippen LogP contribution in [0.1, 0.15) is 29.8 Å². The summed E-state index contributed by atoms with van der Waals surface area (Å²) in [5.41, 5.74) is 2.10. The number of rotatable bonds is 8. The lowest BCUT2D eigenvalue weighted by molar-refractivity contribution is -0.385. The fraction of sp³-hybridized carbons (Fsp3) is 0.263. The van der Waals surface area contributed by atoms with Gasteiger partial charge in [-0.25, -0.2) is 0 Å². The molecule has 0 aliphatic rings. The normalized spacial score (nSPS) is 10.1. The lowest BCUT2D eigenvalue weighted by atomic mass is 10.1. The zero-order chi connectivity index (χ0) is 19.8. The van der Waals surface area contributed by atoms with Gasteiger partial charge in [0.15, 0.2) is 0 Å². The van der Waals surface area contributed by atoms with Crippen LogP contribution >= 0.6 is 0 Å². The van der Waals surface area contributed by atoms with Gasteiger partial charge < -0.3 is 16.0 Å². The molecule has 0 saturated carbocycles. The Hall–Kier alpha value is -3.42. The Kier molecular flexibility index (Phi) is 6.87. The topological polar surface area (TPSA) is 113 Å². The summed E-state index contributed by atoms with van der Waals surface area (Å²) in [5.74, 6) is -0.541. The van der Waals surface area contributed by atoms with Gasteiger partial charge in [-0.05, 0) is 37.6 Å². The molecular weight excluding hydrogens is 348 g/mol. The summed E-state index contributed by atoms with van der Waals surface area (Å²) >= 11 is 0. The molecule has 2 rings (SSSR count). The third-order valence-electron chi connectivity index (χ3n) is 3.86. The highest BCUT2D eigenvalue weighted by atomic mass is 16.6. The number of amides is 2. The summed E-state index contributed by atoms with van der Waals surface area (Å²) in [6.07, 6.45) is 0.555. The molecular formula is C19H22N4O4. The number of carbonyl (C=O) groups is 2. The van der Waals surface area contributed by atoms with Crippen LogP contribution in [0.15, 0.2) is 42.5 Å². The minimum Gasteiger partial charge on any atom is -0.376 e. The van der Waals surface area contributed by atoms with E-state index in [2.05, 4.69) is 16.0 Å². The molecule has 0 aromatic heterocycles. The van der Waals surface area contributed by atoms with Gasteiger partial charge in [-0.1, -0.05) is 19.1 Å². The molecule has 0 atom stereocenters. The molecule has 2 amide bonds. The van der Waals surface area contributed by atoms with Gasteiger partial charge in [0.1, 0.15) is 0 Å². The van der Waals surface area contributed by atoms with Crippen LogP contribution in [0, 0.1) is 10.1 Å². The van der Waals surface area contributed by atoms with Crippen molar-refractivity contribution in [2.75, 3.05) is 23.7 Å². The van der Waals surface area contributed by atoms with Gasteiger partial charge in [0.05, 0.1) is 11.5 Å². The van der Waals surface area contributed by atoms with E-state index in [4.69, 9.17) is 0 Å². The van der Waals surface area contributed by atoms with Crippen molar-refractivity contribution >= 4 is 28.9 Å². The number of hydrogen-bond donors (Lipinski definition) is 3. The van der Waals surface area contributed by atoms with Gasteiger partial charge in [0.25, 0.3) is 11.6 Å². The maximum atomic E-state index is 12.1. The number of nitro benzene ring substituents is 1. The lowest BCUT2D eigenvalue weighted by Gasteiger charge is -2.10. The quantitative estimate of drug-likeness (QED) is 0.488. The number of nitrogens with one attached hydrogen (secondary N) is 3. The molecule has 0 aliphatic carbocycles. The molecule has 8 nitrogen and oxygen atoms in total. The molecule has 27 heavy (non-hydrogen) atoms. The molecule has 0 saturated heterocycles. The summed E-state index contributed by atoms with van der Waals surface area (Å²) in [6.45, 7) is 4.13. The summed E-state index contributed by atoms with van der Waals surface area (Å²) in [5, 5.41) is 19.4. The Labute approximate surface area is 157 Å². The Morgan fingerprint density at radius 3 is 2.52 bits per heavy atom. The van der Waals surface area contributed by atoms with E-state index in [9.17, 15) is 19.7 Å². The summed E-state index contributed by atoms with van der Waals surface area (Å²) in [7, 11) is 0. The minimum atomic E-state index is -0.434. The van der Waals surface area contributed by atoms with Gasteiger partial charge >= 0.3 is 0 Å². The maximum absolute atomic E-state index is 12.1. The van der Waals surface area contributed by atoms with Crippen molar-refractivity contribution in [3.05, 3.63) is 63.7 Å². The van der Waals surface area contributed by atoms with Crippen LogP contribution in [0.25, 0.3) is 0 Å². The van der Waals surface area contributed by atoms with Crippen LogP contribution in [0.3, 0.4) is 0 Å². The monoisotopic (exact) mass is 370 g/mol. The van der Waals surface area contributed by atoms with Crippen LogP contribution < -0.4 is 16.0 Å². The van der Waals surface area contributed by atoms with Gasteiger partial charge in [0, 0.05) is 35.1 Å². The van der Waals surface area contributed by atoms with E-state index >= 15 is 0 Å². The molecule has 3 N–H and O–H groups in total. The molecule has 142 valence electrons. The molecule has 0 fully saturated rings. The Bertz CT molecular complexity index is 851. The molecule has 0 heterocycles. The van der Waals surface area contributed by atoms with Crippen molar-refractivity contribution in [2.45, 2.75) is 20.3 Å². The van der Waals surface area contributed by atoms with Crippen molar-refractivity contribution in [3.8, 4) is 0 Å². The zero-order valence-corrected chi connectivity index (χ0v) is 15.2. The molecule has 0 aliphatic heterocycles. The number of hydrogen-bond acceptors (Lipinski definition) is 5. The molecule has 2 aromatic carbocycles. The maximum Gasteiger partial charge on any atom is 0.274 e. The first-order chi connectivity index (χ1) is 12.9. The fourth-order valence-corrected chi connectivity index (χ4v) is 2.53. The number of carbonyl (C=O) groups excluding carboxylic acids is 2. The highest BCUT2D eigenvalue weighted by Crippen LogP contribution is 2.23. The average molecular weight is 370 g/mol. The predicted molar refractivity (Wildman–Crippen MR) is 104 cm³/mol. The highest BCUT2D eigenvalue weighted by molar-refractivity contribution is 5.98. The van der Waals surface area contributed by atoms with Gasteiger partial charge in [-0.3, -0.25) is 19.7 Å². The first-order valence-corrected chi connectivity index (χ1v) is 8.63. The van der Waals surface area contributed by atoms with Crippen LogP contribution in [0.2, 0.25) is 0 Å². The van der Waals surface area contributed by atoms with E-state index in [1.54, 1.807) is 36.4 Å². The standard InChI is InChI=1S/C19H22N4O4/c1-3-13-8-9-15(11-17(13)23(26)27)21-12-18(24)22-16-7-5-6-14(10-16)19(25)20-4-2/h5-11,21H,3-4,12H2,1-2H3,(H,20,25)(H,22,24). The summed E-state index contributed by atoms with van der Waals surface area (Å²) in [4.78, 5) is 34.6. The van der Waals surface area contributed by atoms with E-state index in [-0.39, 0.29) is 24.0 Å². The average Bonchev–Trinajstić information content (AvgIpc) is 2.66. The molecule has 8 heteroatoms. The van der Waals surface area contributed by atoms with Crippen molar-refractivity contribution < 1.29 is 14.5 Å². The number of anilines is 2. The predicted octanol–water partition coefficient (Wildman–Crippen LogP) is 2.96. The van der Waals surface area contributed by atoms with Crippen LogP contribution in [-0.2, 0) is 11.2 Å². The van der Waals surface area contributed by atoms with E-state index in [0.29, 0.717) is 35.5 Å². The van der Waals surface area contributed by atoms with E-state index in [1.807, 2.05) is 13.8 Å². The third-order valence-corrected chi connectivity index (χ3v) is 3.86. The molecule has 0 spiro atoms. The molecule has 2 aromatic rings. The van der Waals surface area contributed by atoms with Crippen molar-refractivity contribution in [1.82, 2.24) is 5.32 Å². The largest absolute Gasteiger partial charge is 0.376 e. The Morgan fingerprint density at radius 1 is 1.07 bits per heavy atom. The van der Waals surface area contributed by atoms with Gasteiger partial charge in [0.2, 0.25) is 5.91 Å². The van der Waals surface area contributed by atoms with Gasteiger partial charge in [-0.2, -0.15) is 0 Å². The molecule has 0 unspecified atom stereocenters. The van der Waals surface area contributed by atoms with E-state index in [0.717, 1.165) is 0 Å². The minimum absolute atomic E-state index is 0.0255. The number of nitro groups is 1. The fourth-order valence-electron chi connectivity index (χ4n) is 2.53. The van der Waals surface area contributed by atoms with Crippen molar-refractivity contribution in [1.29, 1.82) is 0 Å². The second-order valence-electron chi connectivity index (χ2n) is 5.80. The molecule has 0 radical (unpaired) electrons. The van der Waals surface area contributed by atoms with Crippen molar-refractivity contribution in [2.24, 2.45) is 0 Å². The van der Waals surface area contributed by atoms with E-state index in [1.165, 1.54) is 6.07 Å². The third kappa shape index (κ3) is 5.53. The zero-order valence-electron chi connectivity index (χ0n) is 15.2. The summed E-state index contributed by atoms with van der Waals surface area (Å²) in [6, 6.07) is 11.4. The van der Waals surface area contributed by atoms with Gasteiger partial charge in [-0.15, -0.1) is 0 Å². The van der Waals surface area contributed by atoms with Crippen molar-refractivity contribution in [3.63, 3.8) is 0 Å². The molecule has 0 bridgehead atoms. The van der Waals surface area contributed by atoms with Crippen LogP contribution in [-0.4, -0.2) is 29.8 Å². The summed E-state index contributed by atoms with van der Waals surface area (Å²) < 4.78 is 0. The number of aryl methyl sites for hydroxylation is 1. The Balaban J connectivity index is 1.99. The van der Waals surface area contributed by atoms with Crippen LogP contribution in [0.4, 0.5) is 17.1 Å². The first kappa shape index (κ1) is 19.9. The second kappa shape index (κ2) is 9.33. The number of nitrogens with zero attached hydrogens (tertiary/aromatic N) is 1. The highest BCUT2D eigenvalue weighted by Gasteiger charge is 2.13. The van der Waals surface area contributed by atoms with Crippen LogP contribution in [0.5, 0.6) is 0 Å². The Morgan fingerprint density at radius 2 is 1.85 bits per heavy atom. The smallest absolute Gasteiger partial charge is 0.274 e.